The number of carboxylic acid groups (broad SMARTS) is 1. The number of nitrogens with one attached hydrogen (secondary N) is 1. The summed E-state index contributed by atoms with van der Waals surface area (Å²) >= 11 is 0. The Balaban J connectivity index is 1.14. The summed E-state index contributed by atoms with van der Waals surface area (Å²) in [7, 11) is -3.66. The molecule has 1 heterocycles. The van der Waals surface area contributed by atoms with Crippen LogP contribution in [0.4, 0.5) is 4.39 Å². The van der Waals surface area contributed by atoms with Gasteiger partial charge >= 0.3 is 5.97 Å². The van der Waals surface area contributed by atoms with Crippen LogP contribution in [0.1, 0.15) is 16.9 Å². The molecular formula is C38H32FNO5S. The van der Waals surface area contributed by atoms with Gasteiger partial charge in [-0.25, -0.2) is 12.8 Å². The van der Waals surface area contributed by atoms with Crippen LogP contribution in [0.25, 0.3) is 33.2 Å². The second-order valence-electron chi connectivity index (χ2n) is 11.2. The fraction of sp³-hybridized carbons (Fsp3) is 0.132. The van der Waals surface area contributed by atoms with E-state index in [9.17, 15) is 22.7 Å². The van der Waals surface area contributed by atoms with Crippen LogP contribution in [0.15, 0.2) is 137 Å². The number of para-hydroxylation sites is 1. The lowest BCUT2D eigenvalue weighted by Gasteiger charge is -2.15. The van der Waals surface area contributed by atoms with Crippen molar-refractivity contribution in [2.75, 3.05) is 12.3 Å². The smallest absolute Gasteiger partial charge is 0.321 e. The number of halogens is 1. The van der Waals surface area contributed by atoms with E-state index < -0.39 is 27.7 Å². The van der Waals surface area contributed by atoms with Crippen LogP contribution in [-0.2, 0) is 27.5 Å². The number of sulfone groups is 1. The highest BCUT2D eigenvalue weighted by molar-refractivity contribution is 7.91. The van der Waals surface area contributed by atoms with E-state index in [1.54, 1.807) is 24.3 Å². The van der Waals surface area contributed by atoms with E-state index in [4.69, 9.17) is 4.42 Å². The Morgan fingerprint density at radius 1 is 0.739 bits per heavy atom. The minimum atomic E-state index is -3.66. The molecule has 6 nitrogen and oxygen atoms in total. The van der Waals surface area contributed by atoms with E-state index in [1.165, 1.54) is 24.3 Å². The summed E-state index contributed by atoms with van der Waals surface area (Å²) in [4.78, 5) is 11.9. The first-order valence-electron chi connectivity index (χ1n) is 15.0. The summed E-state index contributed by atoms with van der Waals surface area (Å²) in [6, 6.07) is 37.6. The van der Waals surface area contributed by atoms with Crippen LogP contribution in [0.5, 0.6) is 0 Å². The lowest BCUT2D eigenvalue weighted by Crippen LogP contribution is -2.40. The van der Waals surface area contributed by atoms with Gasteiger partial charge in [-0.05, 0) is 64.6 Å². The first-order chi connectivity index (χ1) is 22.3. The van der Waals surface area contributed by atoms with Gasteiger partial charge in [0.1, 0.15) is 23.2 Å². The number of benzene rings is 5. The maximum absolute atomic E-state index is 13.2. The molecule has 2 N–H and O–H groups in total. The zero-order chi connectivity index (χ0) is 32.1. The molecule has 0 saturated carbocycles. The summed E-state index contributed by atoms with van der Waals surface area (Å²) in [6.07, 6.45) is 0.775. The van der Waals surface area contributed by atoms with E-state index >= 15 is 0 Å². The lowest BCUT2D eigenvalue weighted by atomic mass is 9.96. The van der Waals surface area contributed by atoms with Gasteiger partial charge in [-0.15, -0.1) is 0 Å². The molecule has 0 spiro atoms. The Hall–Kier alpha value is -5.05. The van der Waals surface area contributed by atoms with Gasteiger partial charge in [0.15, 0.2) is 9.84 Å². The Morgan fingerprint density at radius 2 is 1.35 bits per heavy atom. The molecular weight excluding hydrogens is 601 g/mol. The van der Waals surface area contributed by atoms with Crippen molar-refractivity contribution in [2.45, 2.75) is 23.8 Å². The first-order valence-corrected chi connectivity index (χ1v) is 16.6. The second kappa shape index (κ2) is 13.5. The minimum Gasteiger partial charge on any atom is -0.480 e. The summed E-state index contributed by atoms with van der Waals surface area (Å²) in [5.41, 5.74) is 6.54. The van der Waals surface area contributed by atoms with Crippen molar-refractivity contribution in [1.82, 2.24) is 5.32 Å². The maximum atomic E-state index is 13.2. The van der Waals surface area contributed by atoms with Crippen molar-refractivity contribution in [2.24, 2.45) is 0 Å². The van der Waals surface area contributed by atoms with Gasteiger partial charge in [-0.2, -0.15) is 0 Å². The van der Waals surface area contributed by atoms with Crippen molar-refractivity contribution < 1.29 is 27.1 Å². The Morgan fingerprint density at radius 3 is 2.02 bits per heavy atom. The first kappa shape index (κ1) is 31.0. The Kier molecular flexibility index (Phi) is 9.10. The van der Waals surface area contributed by atoms with Crippen molar-refractivity contribution in [3.8, 4) is 22.3 Å². The molecule has 0 aliphatic heterocycles. The molecule has 6 aromatic rings. The molecule has 1 unspecified atom stereocenters. The number of furan rings is 1. The molecule has 0 aliphatic rings. The zero-order valence-corrected chi connectivity index (χ0v) is 25.7. The van der Waals surface area contributed by atoms with E-state index in [0.717, 1.165) is 44.5 Å². The summed E-state index contributed by atoms with van der Waals surface area (Å²) in [5, 5.41) is 13.4. The molecule has 0 fully saturated rings. The molecule has 232 valence electrons. The highest BCUT2D eigenvalue weighted by atomic mass is 32.2. The van der Waals surface area contributed by atoms with E-state index in [-0.39, 0.29) is 23.6 Å². The fourth-order valence-corrected chi connectivity index (χ4v) is 6.76. The predicted molar refractivity (Wildman–Crippen MR) is 178 cm³/mol. The van der Waals surface area contributed by atoms with Crippen LogP contribution in [0.2, 0.25) is 0 Å². The van der Waals surface area contributed by atoms with Crippen LogP contribution in [0, 0.1) is 5.82 Å². The van der Waals surface area contributed by atoms with E-state index in [1.807, 2.05) is 48.5 Å². The molecule has 6 rings (SSSR count). The third-order valence-electron chi connectivity index (χ3n) is 8.01. The maximum Gasteiger partial charge on any atom is 0.321 e. The minimum absolute atomic E-state index is 0.0430. The second-order valence-corrected chi connectivity index (χ2v) is 13.3. The molecule has 0 aliphatic carbocycles. The number of hydrogen-bond donors (Lipinski definition) is 2. The molecule has 0 saturated heterocycles. The molecule has 46 heavy (non-hydrogen) atoms. The fourth-order valence-electron chi connectivity index (χ4n) is 5.59. The third kappa shape index (κ3) is 7.09. The van der Waals surface area contributed by atoms with Gasteiger partial charge in [0, 0.05) is 23.9 Å². The number of rotatable bonds is 12. The SMILES string of the molecule is O=C(O)C(Cc1ccc(F)cc1)NCCS(=O)(=O)c1ccc(-c2ccc(-c3c(Cc4ccccc4)oc4ccccc34)cc2)cc1. The Labute approximate surface area is 267 Å². The standard InChI is InChI=1S/C38H32FNO5S/c39-31-18-10-27(11-19-31)24-34(38(41)42)40-22-23-46(43,44)32-20-16-29(17-21-32)28-12-14-30(15-13-28)37-33-8-4-5-9-35(33)45-36(37)25-26-6-2-1-3-7-26/h1-21,34,40H,22-25H2,(H,41,42). The Bertz CT molecular complexity index is 2060. The van der Waals surface area contributed by atoms with Crippen molar-refractivity contribution >= 4 is 26.8 Å². The van der Waals surface area contributed by atoms with Gasteiger partial charge in [-0.3, -0.25) is 4.79 Å². The number of aliphatic carboxylic acids is 1. The lowest BCUT2D eigenvalue weighted by molar-refractivity contribution is -0.139. The van der Waals surface area contributed by atoms with E-state index in [2.05, 4.69) is 35.6 Å². The molecule has 0 radical (unpaired) electrons. The number of fused-ring (bicyclic) bond motifs is 1. The zero-order valence-electron chi connectivity index (χ0n) is 24.9. The highest BCUT2D eigenvalue weighted by Crippen LogP contribution is 2.37. The molecule has 0 amide bonds. The predicted octanol–water partition coefficient (Wildman–Crippen LogP) is 7.56. The van der Waals surface area contributed by atoms with Gasteiger partial charge in [-0.1, -0.05) is 97.1 Å². The van der Waals surface area contributed by atoms with Crippen molar-refractivity contribution in [1.29, 1.82) is 0 Å². The highest BCUT2D eigenvalue weighted by Gasteiger charge is 2.21. The van der Waals surface area contributed by atoms with Crippen LogP contribution >= 0.6 is 0 Å². The quantitative estimate of drug-likeness (QED) is 0.144. The van der Waals surface area contributed by atoms with Gasteiger partial charge < -0.3 is 14.8 Å². The van der Waals surface area contributed by atoms with Gasteiger partial charge in [0.25, 0.3) is 0 Å². The summed E-state index contributed by atoms with van der Waals surface area (Å²) in [5.74, 6) is -0.883. The van der Waals surface area contributed by atoms with Gasteiger partial charge in [0.2, 0.25) is 0 Å². The normalized spacial score (nSPS) is 12.3. The molecule has 1 aromatic heterocycles. The largest absolute Gasteiger partial charge is 0.480 e. The summed E-state index contributed by atoms with van der Waals surface area (Å²) in [6.45, 7) is -0.0430. The molecule has 8 heteroatoms. The van der Waals surface area contributed by atoms with Gasteiger partial charge in [0.05, 0.1) is 10.6 Å². The number of carboxylic acids is 1. The van der Waals surface area contributed by atoms with Crippen molar-refractivity contribution in [3.05, 3.63) is 150 Å². The topological polar surface area (TPSA) is 96.6 Å². The molecule has 5 aromatic carbocycles. The van der Waals surface area contributed by atoms with Crippen LogP contribution in [0.3, 0.4) is 0 Å². The van der Waals surface area contributed by atoms with Crippen LogP contribution in [-0.4, -0.2) is 37.8 Å². The average Bonchev–Trinajstić information content (AvgIpc) is 3.43. The third-order valence-corrected chi connectivity index (χ3v) is 9.74. The monoisotopic (exact) mass is 633 g/mol. The number of carbonyl (C=O) groups is 1. The molecule has 0 bridgehead atoms. The van der Waals surface area contributed by atoms with Crippen molar-refractivity contribution in [3.63, 3.8) is 0 Å². The molecule has 1 atom stereocenters. The average molecular weight is 634 g/mol. The van der Waals surface area contributed by atoms with E-state index in [0.29, 0.717) is 12.0 Å². The van der Waals surface area contributed by atoms with Crippen LogP contribution < -0.4 is 5.32 Å². The summed E-state index contributed by atoms with van der Waals surface area (Å²) < 4.78 is 45.6. The number of hydrogen-bond acceptors (Lipinski definition) is 5.